The van der Waals surface area contributed by atoms with Gasteiger partial charge >= 0.3 is 17.9 Å². The molecule has 0 spiro atoms. The molecule has 1 N–H and O–H groups in total. The Balaban J connectivity index is 1.47. The van der Waals surface area contributed by atoms with E-state index < -0.39 is 0 Å². The number of hydrogen-bond acceptors (Lipinski definition) is 7. The van der Waals surface area contributed by atoms with E-state index in [1.807, 2.05) is 6.92 Å². The summed E-state index contributed by atoms with van der Waals surface area (Å²) in [5.74, 6) is 0.521. The van der Waals surface area contributed by atoms with Gasteiger partial charge in [-0.25, -0.2) is 0 Å². The quantitative estimate of drug-likeness (QED) is 0.263. The highest BCUT2D eigenvalue weighted by Crippen LogP contribution is 2.65. The number of ether oxygens (including phenoxy) is 3. The second-order valence-electron chi connectivity index (χ2n) is 13.2. The van der Waals surface area contributed by atoms with E-state index in [4.69, 9.17) is 14.2 Å². The minimum absolute atomic E-state index is 0.0246. The predicted molar refractivity (Wildman–Crippen MR) is 145 cm³/mol. The van der Waals surface area contributed by atoms with Gasteiger partial charge in [-0.2, -0.15) is 0 Å². The number of fused-ring (bicyclic) bond motifs is 5. The van der Waals surface area contributed by atoms with E-state index in [9.17, 15) is 19.2 Å². The highest BCUT2D eigenvalue weighted by molar-refractivity contribution is 5.74. The third kappa shape index (κ3) is 6.19. The molecule has 39 heavy (non-hydrogen) atoms. The summed E-state index contributed by atoms with van der Waals surface area (Å²) < 4.78 is 16.7. The van der Waals surface area contributed by atoms with Gasteiger partial charge < -0.3 is 19.5 Å². The van der Waals surface area contributed by atoms with Crippen LogP contribution in [0.4, 0.5) is 0 Å². The number of hydrogen-bond donors (Lipinski definition) is 1. The summed E-state index contributed by atoms with van der Waals surface area (Å²) in [6.45, 7) is 11.3. The lowest BCUT2D eigenvalue weighted by atomic mass is 9.48. The van der Waals surface area contributed by atoms with Gasteiger partial charge in [0.2, 0.25) is 5.91 Å². The lowest BCUT2D eigenvalue weighted by molar-refractivity contribution is -0.152. The van der Waals surface area contributed by atoms with Crippen molar-refractivity contribution in [3.63, 3.8) is 0 Å². The number of rotatable bonds is 8. The maximum absolute atomic E-state index is 12.9. The number of carbonyl (C=O) groups is 4. The number of esters is 3. The summed E-state index contributed by atoms with van der Waals surface area (Å²) in [4.78, 5) is 47.8. The first-order chi connectivity index (χ1) is 18.3. The minimum atomic E-state index is -0.350. The van der Waals surface area contributed by atoms with Gasteiger partial charge in [0.15, 0.2) is 0 Å². The van der Waals surface area contributed by atoms with Crippen LogP contribution in [0.3, 0.4) is 0 Å². The lowest BCUT2D eigenvalue weighted by Gasteiger charge is -2.57. The summed E-state index contributed by atoms with van der Waals surface area (Å²) >= 11 is 0. The van der Waals surface area contributed by atoms with Gasteiger partial charge in [0, 0.05) is 33.6 Å². The Hall–Kier alpha value is -2.38. The largest absolute Gasteiger partial charge is 0.466 e. The van der Waals surface area contributed by atoms with Crippen LogP contribution < -0.4 is 5.32 Å². The summed E-state index contributed by atoms with van der Waals surface area (Å²) in [6.07, 6.45) is 9.38. The van der Waals surface area contributed by atoms with Crippen LogP contribution in [0.1, 0.15) is 99.3 Å². The highest BCUT2D eigenvalue weighted by atomic mass is 16.5. The van der Waals surface area contributed by atoms with Crippen molar-refractivity contribution in [2.75, 3.05) is 6.61 Å². The fourth-order valence-electron chi connectivity index (χ4n) is 8.48. The molecule has 4 aliphatic rings. The van der Waals surface area contributed by atoms with E-state index in [1.54, 1.807) is 0 Å². The van der Waals surface area contributed by atoms with Crippen molar-refractivity contribution in [3.8, 4) is 0 Å². The Bertz CT molecular complexity index is 1010. The monoisotopic (exact) mass is 545 g/mol. The molecule has 0 unspecified atom stereocenters. The molecule has 0 saturated heterocycles. The molecular weight excluding hydrogens is 498 g/mol. The fourth-order valence-corrected chi connectivity index (χ4v) is 8.48. The van der Waals surface area contributed by atoms with Gasteiger partial charge in [0.1, 0.15) is 12.2 Å². The zero-order valence-corrected chi connectivity index (χ0v) is 24.5. The predicted octanol–water partition coefficient (Wildman–Crippen LogP) is 4.89. The first-order valence-corrected chi connectivity index (χ1v) is 14.8. The standard InChI is InChI=1S/C31H47NO7/c1-18(17-37-20(3)34)7-10-28(36)39-27-16-26-24-9-8-22-15-23(38-21(4)35)11-13-30(22,5)25(24)12-14-31(26,6)29(27)32-19(2)33/h8,18,23-27,29H,7,9-17H2,1-6H3,(H,32,33)/t18-,23-,24-,25+,26+,27+,29-,30+,31+/m1/s1. The van der Waals surface area contributed by atoms with Crippen LogP contribution in [0, 0.1) is 34.5 Å². The van der Waals surface area contributed by atoms with E-state index in [0.717, 1.165) is 44.9 Å². The Morgan fingerprint density at radius 2 is 1.77 bits per heavy atom. The lowest BCUT2D eigenvalue weighted by Crippen LogP contribution is -2.55. The maximum Gasteiger partial charge on any atom is 0.306 e. The summed E-state index contributed by atoms with van der Waals surface area (Å²) in [7, 11) is 0. The van der Waals surface area contributed by atoms with Gasteiger partial charge in [-0.3, -0.25) is 19.2 Å². The van der Waals surface area contributed by atoms with Gasteiger partial charge in [0.25, 0.3) is 0 Å². The molecule has 9 atom stereocenters. The number of carbonyl (C=O) groups excluding carboxylic acids is 4. The smallest absolute Gasteiger partial charge is 0.306 e. The third-order valence-corrected chi connectivity index (χ3v) is 10.5. The highest BCUT2D eigenvalue weighted by Gasteiger charge is 2.62. The van der Waals surface area contributed by atoms with Crippen molar-refractivity contribution in [1.29, 1.82) is 0 Å². The van der Waals surface area contributed by atoms with Crippen LogP contribution >= 0.6 is 0 Å². The Morgan fingerprint density at radius 3 is 2.44 bits per heavy atom. The first-order valence-electron chi connectivity index (χ1n) is 14.8. The van der Waals surface area contributed by atoms with Crippen molar-refractivity contribution in [3.05, 3.63) is 11.6 Å². The molecule has 8 heteroatoms. The van der Waals surface area contributed by atoms with E-state index >= 15 is 0 Å². The Morgan fingerprint density at radius 1 is 1.03 bits per heavy atom. The summed E-state index contributed by atoms with van der Waals surface area (Å²) in [5.41, 5.74) is 1.39. The third-order valence-electron chi connectivity index (χ3n) is 10.5. The van der Waals surface area contributed by atoms with E-state index in [1.165, 1.54) is 26.3 Å². The maximum atomic E-state index is 12.9. The van der Waals surface area contributed by atoms with Crippen LogP contribution in [-0.4, -0.2) is 48.7 Å². The normalized spacial score (nSPS) is 37.7. The zero-order valence-electron chi connectivity index (χ0n) is 24.5. The molecule has 3 saturated carbocycles. The molecule has 4 rings (SSSR count). The number of amides is 1. The van der Waals surface area contributed by atoms with E-state index in [-0.39, 0.29) is 65.2 Å². The average molecular weight is 546 g/mol. The van der Waals surface area contributed by atoms with Crippen molar-refractivity contribution in [2.45, 2.75) is 118 Å². The van der Waals surface area contributed by atoms with Crippen LogP contribution in [0.15, 0.2) is 11.6 Å². The topological polar surface area (TPSA) is 108 Å². The van der Waals surface area contributed by atoms with Crippen molar-refractivity contribution < 1.29 is 33.4 Å². The molecule has 1 amide bonds. The van der Waals surface area contributed by atoms with Crippen molar-refractivity contribution in [1.82, 2.24) is 5.32 Å². The molecule has 0 aromatic carbocycles. The van der Waals surface area contributed by atoms with Crippen LogP contribution in [0.5, 0.6) is 0 Å². The average Bonchev–Trinajstić information content (AvgIpc) is 3.12. The van der Waals surface area contributed by atoms with Crippen LogP contribution in [0.25, 0.3) is 0 Å². The molecule has 0 aliphatic heterocycles. The molecule has 0 bridgehead atoms. The summed E-state index contributed by atoms with van der Waals surface area (Å²) in [5, 5.41) is 3.18. The molecular formula is C31H47NO7. The molecule has 0 aromatic rings. The SMILES string of the molecule is CC(=O)N[C@@H]1[C@@H](OC(=O)CC[C@@H](C)COC(C)=O)C[C@H]2[C@@H]3CC=C4C[C@H](OC(C)=O)CC[C@]4(C)[C@H]3CC[C@]12C. The fraction of sp³-hybridized carbons (Fsp3) is 0.806. The van der Waals surface area contributed by atoms with Gasteiger partial charge in [-0.15, -0.1) is 0 Å². The second kappa shape index (κ2) is 11.6. The molecule has 3 fully saturated rings. The Kier molecular flexibility index (Phi) is 8.82. The molecule has 0 heterocycles. The summed E-state index contributed by atoms with van der Waals surface area (Å²) in [6, 6.07) is -0.207. The molecule has 4 aliphatic carbocycles. The minimum Gasteiger partial charge on any atom is -0.466 e. The van der Waals surface area contributed by atoms with Gasteiger partial charge in [0.05, 0.1) is 12.6 Å². The van der Waals surface area contributed by atoms with Gasteiger partial charge in [-0.05, 0) is 79.4 Å². The van der Waals surface area contributed by atoms with Crippen molar-refractivity contribution >= 4 is 23.8 Å². The van der Waals surface area contributed by atoms with Gasteiger partial charge in [-0.1, -0.05) is 32.4 Å². The number of nitrogens with one attached hydrogen (secondary N) is 1. The number of allylic oxidation sites excluding steroid dienone is 1. The van der Waals surface area contributed by atoms with E-state index in [2.05, 4.69) is 25.2 Å². The molecule has 218 valence electrons. The first kappa shape index (κ1) is 29.6. The second-order valence-corrected chi connectivity index (χ2v) is 13.2. The zero-order chi connectivity index (χ0) is 28.5. The molecule has 0 aromatic heterocycles. The van der Waals surface area contributed by atoms with Crippen LogP contribution in [-0.2, 0) is 33.4 Å². The van der Waals surface area contributed by atoms with Crippen LogP contribution in [0.2, 0.25) is 0 Å². The Labute approximate surface area is 233 Å². The van der Waals surface area contributed by atoms with E-state index in [0.29, 0.717) is 30.8 Å². The molecule has 0 radical (unpaired) electrons. The van der Waals surface area contributed by atoms with Crippen molar-refractivity contribution in [2.24, 2.45) is 34.5 Å². The molecule has 8 nitrogen and oxygen atoms in total.